The fraction of sp³-hybridized carbons (Fsp3) is 0.312. The molecule has 2 aliphatic rings. The van der Waals surface area contributed by atoms with Gasteiger partial charge in [0.05, 0.1) is 28.9 Å². The normalized spacial score (nSPS) is 17.4. The van der Waals surface area contributed by atoms with Crippen LogP contribution in [0.25, 0.3) is 15.8 Å². The highest BCUT2D eigenvalue weighted by Gasteiger charge is 2.33. The molecule has 0 saturated heterocycles. The number of thiophene rings is 1. The van der Waals surface area contributed by atoms with Gasteiger partial charge in [-0.15, -0.1) is 11.3 Å². The third kappa shape index (κ3) is 2.14. The van der Waals surface area contributed by atoms with Crippen molar-refractivity contribution >= 4 is 44.0 Å². The van der Waals surface area contributed by atoms with E-state index in [1.165, 1.54) is 25.6 Å². The Kier molecular flexibility index (Phi) is 3.60. The Bertz CT molecular complexity index is 795. The Morgan fingerprint density at radius 3 is 3.14 bits per heavy atom. The number of fused-ring (bicyclic) bond motifs is 2. The lowest BCUT2D eigenvalue weighted by molar-refractivity contribution is 0.301. The van der Waals surface area contributed by atoms with Crippen LogP contribution in [0.15, 0.2) is 34.2 Å². The minimum absolute atomic E-state index is 0.168. The summed E-state index contributed by atoms with van der Waals surface area (Å²) >= 11 is 3.45. The Morgan fingerprint density at radius 2 is 2.32 bits per heavy atom. The molecule has 2 aromatic rings. The summed E-state index contributed by atoms with van der Waals surface area (Å²) in [6.45, 7) is 1.95. The van der Waals surface area contributed by atoms with Crippen molar-refractivity contribution in [2.24, 2.45) is 4.99 Å². The summed E-state index contributed by atoms with van der Waals surface area (Å²) < 4.78 is 6.65. The minimum atomic E-state index is 0.168. The number of hydrogen-bond acceptors (Lipinski definition) is 6. The maximum atomic E-state index is 9.35. The van der Waals surface area contributed by atoms with Crippen LogP contribution >= 0.6 is 23.1 Å². The van der Waals surface area contributed by atoms with Gasteiger partial charge in [-0.2, -0.15) is 0 Å². The molecule has 0 atom stereocenters. The number of nitrogens with zero attached hydrogens (tertiary/aromatic N) is 2. The zero-order valence-corrected chi connectivity index (χ0v) is 13.8. The molecule has 0 bridgehead atoms. The largest absolute Gasteiger partial charge is 0.495 e. The third-order valence-corrected chi connectivity index (χ3v) is 6.20. The predicted molar refractivity (Wildman–Crippen MR) is 93.6 cm³/mol. The van der Waals surface area contributed by atoms with E-state index in [1.54, 1.807) is 30.2 Å². The Hall–Kier alpha value is -1.50. The van der Waals surface area contributed by atoms with Crippen molar-refractivity contribution in [2.45, 2.75) is 6.42 Å². The monoisotopic (exact) mass is 332 g/mol. The van der Waals surface area contributed by atoms with E-state index in [9.17, 15) is 5.11 Å². The quantitative estimate of drug-likeness (QED) is 0.932. The molecule has 1 aromatic heterocycles. The molecule has 0 saturated carbocycles. The Morgan fingerprint density at radius 1 is 1.41 bits per heavy atom. The van der Waals surface area contributed by atoms with Gasteiger partial charge >= 0.3 is 0 Å². The highest BCUT2D eigenvalue weighted by Crippen LogP contribution is 2.46. The van der Waals surface area contributed by atoms with Gasteiger partial charge in [-0.3, -0.25) is 4.99 Å². The smallest absolute Gasteiger partial charge is 0.168 e. The van der Waals surface area contributed by atoms with Crippen LogP contribution in [-0.2, 0) is 0 Å². The van der Waals surface area contributed by atoms with Gasteiger partial charge in [-0.05, 0) is 17.5 Å². The number of thioether (sulfide) groups is 1. The van der Waals surface area contributed by atoms with Gasteiger partial charge in [0.2, 0.25) is 0 Å². The molecule has 1 aromatic carbocycles. The molecule has 2 aliphatic heterocycles. The molecule has 1 N–H and O–H groups in total. The number of aliphatic hydroxyl groups excluding tert-OH is 1. The molecule has 114 valence electrons. The van der Waals surface area contributed by atoms with Crippen LogP contribution in [0.3, 0.4) is 0 Å². The molecular formula is C16H16N2O2S2. The van der Waals surface area contributed by atoms with Crippen LogP contribution in [0.2, 0.25) is 0 Å². The number of aliphatic hydroxyl groups is 1. The molecule has 0 fully saturated rings. The third-order valence-electron chi connectivity index (χ3n) is 3.85. The second-order valence-corrected chi connectivity index (χ2v) is 7.27. The first-order valence-electron chi connectivity index (χ1n) is 7.22. The molecule has 4 rings (SSSR count). The summed E-state index contributed by atoms with van der Waals surface area (Å²) in [5.41, 5.74) is 1.22. The number of methoxy groups -OCH3 is 1. The molecule has 0 amide bonds. The summed E-state index contributed by atoms with van der Waals surface area (Å²) in [6.07, 6.45) is 0.681. The topological polar surface area (TPSA) is 45.1 Å². The van der Waals surface area contributed by atoms with Crippen LogP contribution in [-0.4, -0.2) is 42.0 Å². The van der Waals surface area contributed by atoms with Crippen LogP contribution in [0.4, 0.5) is 0 Å². The first kappa shape index (κ1) is 14.1. The van der Waals surface area contributed by atoms with E-state index in [1.807, 2.05) is 12.1 Å². The van der Waals surface area contributed by atoms with E-state index >= 15 is 0 Å². The molecule has 6 heteroatoms. The maximum absolute atomic E-state index is 9.35. The second kappa shape index (κ2) is 5.61. The predicted octanol–water partition coefficient (Wildman–Crippen LogP) is 3.38. The molecule has 0 radical (unpaired) electrons. The lowest BCUT2D eigenvalue weighted by Crippen LogP contribution is -2.19. The second-order valence-electron chi connectivity index (χ2n) is 5.15. The van der Waals surface area contributed by atoms with Crippen molar-refractivity contribution in [1.82, 2.24) is 4.90 Å². The summed E-state index contributed by atoms with van der Waals surface area (Å²) in [6, 6.07) is 8.35. The van der Waals surface area contributed by atoms with Gasteiger partial charge in [-0.1, -0.05) is 23.9 Å². The average molecular weight is 332 g/mol. The lowest BCUT2D eigenvalue weighted by atomic mass is 10.2. The number of rotatable bonds is 4. The molecule has 0 unspecified atom stereocenters. The SMILES string of the molecule is COc1cccc2cc(C3=C(CCO)SC4=NCCN43)sc12. The highest BCUT2D eigenvalue weighted by molar-refractivity contribution is 8.17. The standard InChI is InChI=1S/C16H16N2O2S2/c1-20-11-4-2-3-10-9-13(21-15(10)11)14-12(5-8-19)22-16-17-6-7-18(14)16/h2-4,9,19H,5-8H2,1H3. The Labute approximate surface area is 137 Å². The summed E-state index contributed by atoms with van der Waals surface area (Å²) in [5, 5.41) is 11.6. The van der Waals surface area contributed by atoms with Gasteiger partial charge in [0.15, 0.2) is 5.17 Å². The number of hydrogen-bond donors (Lipinski definition) is 1. The van der Waals surface area contributed by atoms with Crippen LogP contribution < -0.4 is 4.74 Å². The summed E-state index contributed by atoms with van der Waals surface area (Å²) in [4.78, 5) is 9.28. The number of aliphatic imine (C=N–C) groups is 1. The maximum Gasteiger partial charge on any atom is 0.168 e. The van der Waals surface area contributed by atoms with E-state index in [0.29, 0.717) is 6.42 Å². The van der Waals surface area contributed by atoms with Crippen molar-refractivity contribution < 1.29 is 9.84 Å². The van der Waals surface area contributed by atoms with E-state index in [0.717, 1.165) is 24.0 Å². The number of ether oxygens (including phenoxy) is 1. The van der Waals surface area contributed by atoms with Gasteiger partial charge < -0.3 is 14.7 Å². The van der Waals surface area contributed by atoms with Gasteiger partial charge in [0, 0.05) is 24.5 Å². The summed E-state index contributed by atoms with van der Waals surface area (Å²) in [7, 11) is 1.71. The van der Waals surface area contributed by atoms with Gasteiger partial charge in [0.25, 0.3) is 0 Å². The van der Waals surface area contributed by atoms with Crippen molar-refractivity contribution in [2.75, 3.05) is 26.8 Å². The molecule has 22 heavy (non-hydrogen) atoms. The fourth-order valence-electron chi connectivity index (χ4n) is 2.89. The van der Waals surface area contributed by atoms with E-state index < -0.39 is 0 Å². The molecular weight excluding hydrogens is 316 g/mol. The van der Waals surface area contributed by atoms with Crippen molar-refractivity contribution in [3.8, 4) is 5.75 Å². The van der Waals surface area contributed by atoms with E-state index in [-0.39, 0.29) is 6.61 Å². The van der Waals surface area contributed by atoms with E-state index in [4.69, 9.17) is 4.74 Å². The zero-order chi connectivity index (χ0) is 15.1. The molecule has 3 heterocycles. The first-order chi connectivity index (χ1) is 10.8. The average Bonchev–Trinajstić information content (AvgIpc) is 3.19. The molecule has 4 nitrogen and oxygen atoms in total. The van der Waals surface area contributed by atoms with E-state index in [2.05, 4.69) is 22.0 Å². The van der Waals surface area contributed by atoms with Crippen molar-refractivity contribution in [1.29, 1.82) is 0 Å². The van der Waals surface area contributed by atoms with Gasteiger partial charge in [0.1, 0.15) is 5.75 Å². The highest BCUT2D eigenvalue weighted by atomic mass is 32.2. The molecule has 0 spiro atoms. The lowest BCUT2D eigenvalue weighted by Gasteiger charge is -2.15. The van der Waals surface area contributed by atoms with Crippen molar-refractivity contribution in [3.63, 3.8) is 0 Å². The van der Waals surface area contributed by atoms with Crippen LogP contribution in [0, 0.1) is 0 Å². The van der Waals surface area contributed by atoms with Crippen LogP contribution in [0.1, 0.15) is 11.3 Å². The van der Waals surface area contributed by atoms with Crippen molar-refractivity contribution in [3.05, 3.63) is 34.0 Å². The number of benzene rings is 1. The summed E-state index contributed by atoms with van der Waals surface area (Å²) in [5.74, 6) is 0.916. The van der Waals surface area contributed by atoms with Crippen LogP contribution in [0.5, 0.6) is 5.75 Å². The fourth-order valence-corrected chi connectivity index (χ4v) is 5.36. The molecule has 0 aliphatic carbocycles. The Balaban J connectivity index is 1.85. The first-order valence-corrected chi connectivity index (χ1v) is 8.86. The number of amidine groups is 1. The zero-order valence-electron chi connectivity index (χ0n) is 12.2. The minimum Gasteiger partial charge on any atom is -0.495 e. The van der Waals surface area contributed by atoms with Gasteiger partial charge in [-0.25, -0.2) is 0 Å².